The molecule has 3 rings (SSSR count). The van der Waals surface area contributed by atoms with Crippen molar-refractivity contribution >= 4 is 17.4 Å². The number of aromatic nitrogens is 1. The summed E-state index contributed by atoms with van der Waals surface area (Å²) in [7, 11) is 0. The fourth-order valence-corrected chi connectivity index (χ4v) is 4.16. The van der Waals surface area contributed by atoms with E-state index in [-0.39, 0.29) is 29.1 Å². The molecule has 1 aromatic heterocycles. The van der Waals surface area contributed by atoms with Crippen LogP contribution in [0.4, 0.5) is 0 Å². The molecule has 29 heavy (non-hydrogen) atoms. The summed E-state index contributed by atoms with van der Waals surface area (Å²) in [5, 5.41) is 0.556. The summed E-state index contributed by atoms with van der Waals surface area (Å²) >= 11 is 6.52. The van der Waals surface area contributed by atoms with Crippen molar-refractivity contribution < 1.29 is 9.53 Å². The predicted molar refractivity (Wildman–Crippen MR) is 118 cm³/mol. The van der Waals surface area contributed by atoms with Crippen LogP contribution in [-0.4, -0.2) is 17.0 Å². The smallest absolute Gasteiger partial charge is 0.185 e. The highest BCUT2D eigenvalue weighted by molar-refractivity contribution is 6.32. The average Bonchev–Trinajstić information content (AvgIpc) is 2.61. The molecule has 5 heteroatoms. The van der Waals surface area contributed by atoms with Gasteiger partial charge in [0, 0.05) is 35.9 Å². The number of hydrogen-bond donors (Lipinski definition) is 0. The molecular weight excluding hydrogens is 386 g/mol. The lowest BCUT2D eigenvalue weighted by Crippen LogP contribution is -2.32. The molecule has 0 aliphatic carbocycles. The van der Waals surface area contributed by atoms with E-state index >= 15 is 0 Å². The van der Waals surface area contributed by atoms with Gasteiger partial charge in [0.25, 0.3) is 0 Å². The highest BCUT2D eigenvalue weighted by Crippen LogP contribution is 2.45. The van der Waals surface area contributed by atoms with Crippen molar-refractivity contribution in [3.05, 3.63) is 50.8 Å². The van der Waals surface area contributed by atoms with Crippen LogP contribution >= 0.6 is 11.6 Å². The van der Waals surface area contributed by atoms with Gasteiger partial charge in [-0.3, -0.25) is 9.59 Å². The summed E-state index contributed by atoms with van der Waals surface area (Å²) in [6, 6.07) is 5.75. The molecule has 2 heterocycles. The Hall–Kier alpha value is -2.07. The molecule has 1 aliphatic rings. The lowest BCUT2D eigenvalue weighted by atomic mass is 9.78. The Labute approximate surface area is 177 Å². The van der Waals surface area contributed by atoms with Crippen LogP contribution in [0.2, 0.25) is 5.02 Å². The molecule has 0 saturated carbocycles. The second-order valence-corrected chi connectivity index (χ2v) is 9.47. The summed E-state index contributed by atoms with van der Waals surface area (Å²) in [5.74, 6) is 0.693. The SMILES string of the molecule is CCCCOc1cc2c(cc1Cl)-c1cc(=O)c(CC(C)=O)cn1C(C(C)(C)C)C2. The van der Waals surface area contributed by atoms with Gasteiger partial charge in [-0.15, -0.1) is 0 Å². The minimum absolute atomic E-state index is 0.0110. The lowest BCUT2D eigenvalue weighted by molar-refractivity contribution is -0.116. The van der Waals surface area contributed by atoms with Crippen LogP contribution in [0, 0.1) is 5.41 Å². The van der Waals surface area contributed by atoms with Gasteiger partial charge >= 0.3 is 0 Å². The second kappa shape index (κ2) is 8.35. The quantitative estimate of drug-likeness (QED) is 0.575. The van der Waals surface area contributed by atoms with Gasteiger partial charge in [0.1, 0.15) is 11.5 Å². The number of ketones is 1. The maximum Gasteiger partial charge on any atom is 0.185 e. The summed E-state index contributed by atoms with van der Waals surface area (Å²) in [4.78, 5) is 24.3. The van der Waals surface area contributed by atoms with Crippen molar-refractivity contribution in [1.29, 1.82) is 0 Å². The van der Waals surface area contributed by atoms with Crippen molar-refractivity contribution in [3.63, 3.8) is 0 Å². The molecule has 156 valence electrons. The molecular formula is C24H30ClNO3. The number of rotatable bonds is 6. The first-order valence-corrected chi connectivity index (χ1v) is 10.7. The van der Waals surface area contributed by atoms with Gasteiger partial charge in [0.05, 0.1) is 17.3 Å². The fourth-order valence-electron chi connectivity index (χ4n) is 3.94. The van der Waals surface area contributed by atoms with E-state index in [4.69, 9.17) is 16.3 Å². The van der Waals surface area contributed by atoms with Crippen molar-refractivity contribution in [2.24, 2.45) is 5.41 Å². The van der Waals surface area contributed by atoms with Crippen LogP contribution in [0.15, 0.2) is 29.2 Å². The third-order valence-electron chi connectivity index (χ3n) is 5.53. The zero-order chi connectivity index (χ0) is 21.3. The summed E-state index contributed by atoms with van der Waals surface area (Å²) in [5.41, 5.74) is 3.36. The van der Waals surface area contributed by atoms with E-state index in [0.29, 0.717) is 22.9 Å². The Bertz CT molecular complexity index is 985. The van der Waals surface area contributed by atoms with Crippen LogP contribution in [0.25, 0.3) is 11.3 Å². The van der Waals surface area contributed by atoms with Crippen molar-refractivity contribution in [3.8, 4) is 17.0 Å². The van der Waals surface area contributed by atoms with E-state index in [1.807, 2.05) is 18.3 Å². The number of Topliss-reactive ketones (excluding diaryl/α,β-unsaturated/α-hetero) is 1. The van der Waals surface area contributed by atoms with Crippen LogP contribution in [0.1, 0.15) is 64.6 Å². The Morgan fingerprint density at radius 3 is 2.62 bits per heavy atom. The van der Waals surface area contributed by atoms with Crippen LogP contribution in [-0.2, 0) is 17.6 Å². The maximum absolute atomic E-state index is 12.7. The molecule has 0 radical (unpaired) electrons. The van der Waals surface area contributed by atoms with E-state index in [1.165, 1.54) is 6.92 Å². The molecule has 1 aliphatic heterocycles. The Morgan fingerprint density at radius 1 is 1.28 bits per heavy atom. The third kappa shape index (κ3) is 4.58. The van der Waals surface area contributed by atoms with E-state index in [0.717, 1.165) is 36.1 Å². The number of hydrogen-bond acceptors (Lipinski definition) is 3. The zero-order valence-electron chi connectivity index (χ0n) is 18.0. The highest BCUT2D eigenvalue weighted by atomic mass is 35.5. The molecule has 4 nitrogen and oxygen atoms in total. The molecule has 1 atom stereocenters. The van der Waals surface area contributed by atoms with Gasteiger partial charge in [0.15, 0.2) is 5.43 Å². The van der Waals surface area contributed by atoms with Crippen molar-refractivity contribution in [2.45, 2.75) is 66.3 Å². The van der Waals surface area contributed by atoms with Crippen LogP contribution in [0.5, 0.6) is 5.75 Å². The molecule has 2 aromatic rings. The maximum atomic E-state index is 12.7. The Kier molecular flexibility index (Phi) is 6.23. The van der Waals surface area contributed by atoms with E-state index < -0.39 is 0 Å². The summed E-state index contributed by atoms with van der Waals surface area (Å²) in [6.45, 7) is 10.9. The topological polar surface area (TPSA) is 48.3 Å². The first kappa shape index (κ1) is 21.6. The van der Waals surface area contributed by atoms with Gasteiger partial charge in [0.2, 0.25) is 0 Å². The number of fused-ring (bicyclic) bond motifs is 3. The van der Waals surface area contributed by atoms with Gasteiger partial charge < -0.3 is 9.30 Å². The summed E-state index contributed by atoms with van der Waals surface area (Å²) < 4.78 is 8.06. The van der Waals surface area contributed by atoms with Gasteiger partial charge in [-0.2, -0.15) is 0 Å². The molecule has 0 N–H and O–H groups in total. The summed E-state index contributed by atoms with van der Waals surface area (Å²) in [6.07, 6.45) is 4.89. The first-order chi connectivity index (χ1) is 13.6. The van der Waals surface area contributed by atoms with Crippen molar-refractivity contribution in [2.75, 3.05) is 6.61 Å². The predicted octanol–water partition coefficient (Wildman–Crippen LogP) is 5.62. The van der Waals surface area contributed by atoms with E-state index in [1.54, 1.807) is 6.07 Å². The second-order valence-electron chi connectivity index (χ2n) is 9.06. The Balaban J connectivity index is 2.15. The van der Waals surface area contributed by atoms with E-state index in [9.17, 15) is 9.59 Å². The lowest BCUT2D eigenvalue weighted by Gasteiger charge is -2.39. The number of halogens is 1. The van der Waals surface area contributed by atoms with Gasteiger partial charge in [-0.25, -0.2) is 0 Å². The molecule has 0 bridgehead atoms. The highest BCUT2D eigenvalue weighted by Gasteiger charge is 2.33. The number of nitrogens with zero attached hydrogens (tertiary/aromatic N) is 1. The molecule has 0 spiro atoms. The number of carbonyl (C=O) groups excluding carboxylic acids is 1. The van der Waals surface area contributed by atoms with Crippen LogP contribution < -0.4 is 10.2 Å². The van der Waals surface area contributed by atoms with Crippen molar-refractivity contribution in [1.82, 2.24) is 4.57 Å². The molecule has 0 fully saturated rings. The number of ether oxygens (including phenoxy) is 1. The molecule has 0 amide bonds. The fraction of sp³-hybridized carbons (Fsp3) is 0.500. The number of carbonyl (C=O) groups is 1. The Morgan fingerprint density at radius 2 is 2.00 bits per heavy atom. The number of pyridine rings is 1. The van der Waals surface area contributed by atoms with Gasteiger partial charge in [-0.1, -0.05) is 45.7 Å². The molecule has 1 aromatic carbocycles. The third-order valence-corrected chi connectivity index (χ3v) is 5.83. The molecule has 1 unspecified atom stereocenters. The monoisotopic (exact) mass is 415 g/mol. The standard InChI is InChI=1S/C24H30ClNO3/c1-6-7-8-29-22-10-16-11-23(24(3,4)5)26-14-17(9-15(2)27)21(28)13-20(26)18(16)12-19(22)25/h10,12-14,23H,6-9,11H2,1-5H3. The number of benzene rings is 1. The normalized spacial score (nSPS) is 15.6. The minimum Gasteiger partial charge on any atom is -0.492 e. The van der Waals surface area contributed by atoms with Gasteiger partial charge in [-0.05, 0) is 42.9 Å². The average molecular weight is 416 g/mol. The van der Waals surface area contributed by atoms with E-state index in [2.05, 4.69) is 32.3 Å². The largest absolute Gasteiger partial charge is 0.492 e. The first-order valence-electron chi connectivity index (χ1n) is 10.3. The number of unbranched alkanes of at least 4 members (excludes halogenated alkanes) is 1. The molecule has 0 saturated heterocycles. The minimum atomic E-state index is -0.105. The van der Waals surface area contributed by atoms with Crippen LogP contribution in [0.3, 0.4) is 0 Å². The zero-order valence-corrected chi connectivity index (χ0v) is 18.7.